The van der Waals surface area contributed by atoms with Gasteiger partial charge >= 0.3 is 32.5 Å². The molecule has 0 saturated carbocycles. The number of halogens is 9. The number of benzene rings is 3. The lowest BCUT2D eigenvalue weighted by molar-refractivity contribution is -0.382. The van der Waals surface area contributed by atoms with Crippen LogP contribution in [-0.4, -0.2) is 44.7 Å². The van der Waals surface area contributed by atoms with Gasteiger partial charge in [0.25, 0.3) is 0 Å². The molecule has 0 aliphatic carbocycles. The van der Waals surface area contributed by atoms with Crippen LogP contribution in [0.15, 0.2) is 106 Å². The Bertz CT molecular complexity index is 1430. The second kappa shape index (κ2) is 11.3. The van der Waals surface area contributed by atoms with Crippen LogP contribution < -0.4 is 0 Å². The van der Waals surface area contributed by atoms with Crippen molar-refractivity contribution in [1.29, 1.82) is 0 Å². The Labute approximate surface area is 217 Å². The van der Waals surface area contributed by atoms with Crippen molar-refractivity contribution in [2.45, 2.75) is 38.0 Å². The molecule has 39 heavy (non-hydrogen) atoms. The third kappa shape index (κ3) is 5.85. The van der Waals surface area contributed by atoms with E-state index >= 15 is 0 Å². The number of hydrogen-bond acceptors (Lipinski definition) is 5. The van der Waals surface area contributed by atoms with Gasteiger partial charge in [-0.3, -0.25) is 0 Å². The van der Waals surface area contributed by atoms with E-state index in [4.69, 9.17) is 0 Å². The summed E-state index contributed by atoms with van der Waals surface area (Å²) < 4.78 is 160. The van der Waals surface area contributed by atoms with Crippen molar-refractivity contribution < 1.29 is 60.9 Å². The van der Waals surface area contributed by atoms with Crippen LogP contribution in [0.2, 0.25) is 0 Å². The summed E-state index contributed by atoms with van der Waals surface area (Å²) in [4.78, 5) is 2.46. The summed E-state index contributed by atoms with van der Waals surface area (Å²) in [7, 11) is -12.0. The lowest BCUT2D eigenvalue weighted by Crippen LogP contribution is -2.63. The third-order valence-electron chi connectivity index (χ3n) is 4.86. The van der Waals surface area contributed by atoms with Crippen molar-refractivity contribution in [2.75, 3.05) is 0 Å². The molecule has 0 radical (unpaired) electrons. The maximum Gasteiger partial charge on any atom is 0.460 e. The van der Waals surface area contributed by atoms with E-state index in [1.807, 2.05) is 91.0 Å². The maximum atomic E-state index is 12.5. The van der Waals surface area contributed by atoms with Crippen molar-refractivity contribution in [2.24, 2.45) is 0 Å². The minimum Gasteiger partial charge on any atom is -0.743 e. The van der Waals surface area contributed by atoms with E-state index in [9.17, 15) is 60.9 Å². The molecular weight excluding hydrogens is 611 g/mol. The number of rotatable bonds is 6. The summed E-state index contributed by atoms with van der Waals surface area (Å²) in [6.45, 7) is 0. The van der Waals surface area contributed by atoms with Crippen molar-refractivity contribution in [3.8, 4) is 0 Å². The summed E-state index contributed by atoms with van der Waals surface area (Å²) in [6, 6.07) is 28.4. The fourth-order valence-corrected chi connectivity index (χ4v) is 8.76. The molecule has 0 saturated heterocycles. The first-order valence-corrected chi connectivity index (χ1v) is 14.6. The highest BCUT2D eigenvalue weighted by Gasteiger charge is 2.83. The van der Waals surface area contributed by atoms with Gasteiger partial charge in [0.15, 0.2) is 10.1 Å². The van der Waals surface area contributed by atoms with Gasteiger partial charge < -0.3 is 4.55 Å². The number of alkyl halides is 9. The SMILES string of the molecule is O=S(=O)([O-])C(F)(F)C(F)(F)C(F)(F)C(F)(F)F.O=S(=O)=[S+](c1ccccc1)(c1ccccc1)c1ccccc1. The molecular formula is C22H15F9O5S3. The van der Waals surface area contributed by atoms with Crippen molar-refractivity contribution in [3.63, 3.8) is 0 Å². The van der Waals surface area contributed by atoms with E-state index in [2.05, 4.69) is 0 Å². The molecule has 214 valence electrons. The molecule has 5 nitrogen and oxygen atoms in total. The van der Waals surface area contributed by atoms with Crippen LogP contribution in [0.25, 0.3) is 0 Å². The molecule has 0 spiro atoms. The minimum atomic E-state index is -7.43. The molecule has 0 fully saturated rings. The molecule has 0 heterocycles. The highest BCUT2D eigenvalue weighted by molar-refractivity contribution is 8.44. The molecule has 0 N–H and O–H groups in total. The van der Waals surface area contributed by atoms with Crippen LogP contribution in [0, 0.1) is 0 Å². The fourth-order valence-electron chi connectivity index (χ4n) is 3.00. The summed E-state index contributed by atoms with van der Waals surface area (Å²) in [6.07, 6.45) is -7.16. The number of hydrogen-bond donors (Lipinski definition) is 0. The van der Waals surface area contributed by atoms with Crippen LogP contribution in [0.3, 0.4) is 0 Å². The normalized spacial score (nSPS) is 13.3. The molecule has 3 rings (SSSR count). The molecule has 0 atom stereocenters. The Kier molecular flexibility index (Phi) is 9.37. The molecule has 0 bridgehead atoms. The monoisotopic (exact) mass is 626 g/mol. The third-order valence-corrected chi connectivity index (χ3v) is 11.9. The van der Waals surface area contributed by atoms with Crippen LogP contribution in [0.1, 0.15) is 0 Å². The molecule has 0 aromatic heterocycles. The van der Waals surface area contributed by atoms with E-state index in [0.717, 1.165) is 14.7 Å². The van der Waals surface area contributed by atoms with E-state index in [1.54, 1.807) is 0 Å². The van der Waals surface area contributed by atoms with Gasteiger partial charge in [-0.1, -0.05) is 54.6 Å². The van der Waals surface area contributed by atoms with Gasteiger partial charge in [-0.2, -0.15) is 39.5 Å². The van der Waals surface area contributed by atoms with Crippen molar-refractivity contribution >= 4 is 28.0 Å². The highest BCUT2D eigenvalue weighted by atomic mass is 32.9. The first-order valence-electron chi connectivity index (χ1n) is 10.00. The van der Waals surface area contributed by atoms with Crippen LogP contribution >= 0.6 is 0 Å². The highest BCUT2D eigenvalue weighted by Crippen LogP contribution is 2.54. The second-order valence-electron chi connectivity index (χ2n) is 7.32. The average molecular weight is 627 g/mol. The topological polar surface area (TPSA) is 91.3 Å². The van der Waals surface area contributed by atoms with Gasteiger partial charge in [0.1, 0.15) is 14.7 Å². The molecule has 17 heteroatoms. The van der Waals surface area contributed by atoms with E-state index in [0.29, 0.717) is 0 Å². The predicted octanol–water partition coefficient (Wildman–Crippen LogP) is 6.07. The Balaban J connectivity index is 0.000000285. The predicted molar refractivity (Wildman–Crippen MR) is 121 cm³/mol. The second-order valence-corrected chi connectivity index (χ2v) is 14.0. The van der Waals surface area contributed by atoms with E-state index in [1.165, 1.54) is 0 Å². The quantitative estimate of drug-likeness (QED) is 0.188. The average Bonchev–Trinajstić information content (AvgIpc) is 2.85. The maximum absolute atomic E-state index is 12.5. The lowest BCUT2D eigenvalue weighted by Gasteiger charge is -2.34. The molecule has 3 aromatic carbocycles. The Morgan fingerprint density at radius 1 is 0.564 bits per heavy atom. The first-order chi connectivity index (χ1) is 17.8. The van der Waals surface area contributed by atoms with Gasteiger partial charge in [0.2, 0.25) is 0 Å². The minimum absolute atomic E-state index is 0.820. The van der Waals surface area contributed by atoms with Crippen LogP contribution in [0.5, 0.6) is 0 Å². The molecule has 3 aromatic rings. The Morgan fingerprint density at radius 2 is 0.846 bits per heavy atom. The molecule has 0 aliphatic rings. The van der Waals surface area contributed by atoms with Gasteiger partial charge in [-0.15, -0.1) is 8.42 Å². The van der Waals surface area contributed by atoms with Crippen molar-refractivity contribution in [1.82, 2.24) is 0 Å². The zero-order valence-electron chi connectivity index (χ0n) is 18.8. The molecule has 0 aliphatic heterocycles. The largest absolute Gasteiger partial charge is 0.743 e. The molecule has 0 unspecified atom stereocenters. The smallest absolute Gasteiger partial charge is 0.460 e. The van der Waals surface area contributed by atoms with Crippen LogP contribution in [-0.2, 0) is 28.0 Å². The lowest BCUT2D eigenvalue weighted by atomic mass is 10.1. The molecule has 0 amide bonds. The van der Waals surface area contributed by atoms with Gasteiger partial charge in [0.05, 0.1) is 8.59 Å². The summed E-state index contributed by atoms with van der Waals surface area (Å²) in [5.41, 5.74) is 0. The summed E-state index contributed by atoms with van der Waals surface area (Å²) in [5, 5.41) is -7.11. The van der Waals surface area contributed by atoms with E-state index in [-0.39, 0.29) is 0 Å². The van der Waals surface area contributed by atoms with Crippen molar-refractivity contribution in [3.05, 3.63) is 91.0 Å². The Morgan fingerprint density at radius 3 is 1.05 bits per heavy atom. The standard InChI is InChI=1S/C18H15O2S2.C4HF9O3S/c19-21(20)22(16-10-4-1-5-11-16,17-12-6-2-7-13-17)18-14-8-3-9-15-18;5-1(6,3(9,10)11)2(7,8)4(12,13)17(14,15)16/h1-15H;(H,14,15,16)/q+1;/p-1. The summed E-state index contributed by atoms with van der Waals surface area (Å²) >= 11 is 0. The summed E-state index contributed by atoms with van der Waals surface area (Å²) in [5.74, 6) is -14.8. The van der Waals surface area contributed by atoms with Crippen LogP contribution in [0.4, 0.5) is 39.5 Å². The first kappa shape index (κ1) is 32.3. The van der Waals surface area contributed by atoms with Gasteiger partial charge in [-0.25, -0.2) is 8.42 Å². The fraction of sp³-hybridized carbons (Fsp3) is 0.182. The Hall–Kier alpha value is -2.89. The van der Waals surface area contributed by atoms with Gasteiger partial charge in [-0.05, 0) is 36.4 Å². The zero-order valence-corrected chi connectivity index (χ0v) is 21.3. The zero-order chi connectivity index (χ0) is 29.9. The van der Waals surface area contributed by atoms with Gasteiger partial charge in [0, 0.05) is 0 Å². The van der Waals surface area contributed by atoms with E-state index < -0.39 is 51.2 Å².